The molecule has 0 bridgehead atoms. The van der Waals surface area contributed by atoms with Gasteiger partial charge in [0.2, 0.25) is 11.1 Å². The summed E-state index contributed by atoms with van der Waals surface area (Å²) < 4.78 is 5.13. The Hall–Kier alpha value is -2.46. The highest BCUT2D eigenvalue weighted by Crippen LogP contribution is 2.22. The Bertz CT molecular complexity index is 745. The fourth-order valence-corrected chi connectivity index (χ4v) is 2.89. The Morgan fingerprint density at radius 2 is 2.04 bits per heavy atom. The maximum atomic E-state index is 12.1. The molecule has 6 nitrogen and oxygen atoms in total. The number of amides is 1. The number of aromatic nitrogens is 3. The minimum Gasteiger partial charge on any atom is -0.497 e. The molecule has 2 rings (SSSR count). The van der Waals surface area contributed by atoms with Gasteiger partial charge in [-0.25, -0.2) is 4.98 Å². The van der Waals surface area contributed by atoms with Crippen molar-refractivity contribution < 1.29 is 9.53 Å². The SMILES string of the molecule is C#CC(CC)(CC)NC(=O)CSc1n[nH]c(-c2ccc(OC)cc2)n1. The number of hydrogen-bond acceptors (Lipinski definition) is 5. The van der Waals surface area contributed by atoms with Gasteiger partial charge in [-0.2, -0.15) is 0 Å². The van der Waals surface area contributed by atoms with E-state index in [0.29, 0.717) is 23.8 Å². The topological polar surface area (TPSA) is 79.9 Å². The van der Waals surface area contributed by atoms with Crippen molar-refractivity contribution in [1.29, 1.82) is 0 Å². The van der Waals surface area contributed by atoms with E-state index in [0.717, 1.165) is 11.3 Å². The molecule has 2 aromatic rings. The second kappa shape index (κ2) is 8.58. The second-order valence-corrected chi connectivity index (χ2v) is 6.41. The van der Waals surface area contributed by atoms with Crippen LogP contribution in [0.1, 0.15) is 26.7 Å². The molecule has 0 radical (unpaired) electrons. The molecule has 1 aromatic carbocycles. The highest BCUT2D eigenvalue weighted by Gasteiger charge is 2.25. The number of methoxy groups -OCH3 is 1. The van der Waals surface area contributed by atoms with E-state index in [1.54, 1.807) is 7.11 Å². The summed E-state index contributed by atoms with van der Waals surface area (Å²) in [6.07, 6.45) is 6.95. The highest BCUT2D eigenvalue weighted by molar-refractivity contribution is 7.99. The van der Waals surface area contributed by atoms with Crippen LogP contribution in [0.4, 0.5) is 0 Å². The molecule has 1 amide bonds. The molecule has 1 aromatic heterocycles. The van der Waals surface area contributed by atoms with Crippen LogP contribution in [-0.2, 0) is 4.79 Å². The van der Waals surface area contributed by atoms with Gasteiger partial charge in [0.15, 0.2) is 5.82 Å². The van der Waals surface area contributed by atoms with Gasteiger partial charge in [0.05, 0.1) is 12.9 Å². The number of carbonyl (C=O) groups is 1. The molecule has 0 saturated heterocycles. The van der Waals surface area contributed by atoms with Gasteiger partial charge in [-0.3, -0.25) is 9.89 Å². The van der Waals surface area contributed by atoms with E-state index in [4.69, 9.17) is 11.2 Å². The highest BCUT2D eigenvalue weighted by atomic mass is 32.2. The Morgan fingerprint density at radius 1 is 1.36 bits per heavy atom. The third-order valence-corrected chi connectivity index (χ3v) is 4.87. The van der Waals surface area contributed by atoms with Gasteiger partial charge in [-0.1, -0.05) is 31.5 Å². The Balaban J connectivity index is 1.95. The van der Waals surface area contributed by atoms with Gasteiger partial charge in [0.25, 0.3) is 0 Å². The summed E-state index contributed by atoms with van der Waals surface area (Å²) in [6, 6.07) is 7.49. The summed E-state index contributed by atoms with van der Waals surface area (Å²) in [7, 11) is 1.62. The van der Waals surface area contributed by atoms with Crippen LogP contribution in [0.25, 0.3) is 11.4 Å². The van der Waals surface area contributed by atoms with E-state index in [1.807, 2.05) is 38.1 Å². The first kappa shape index (κ1) is 18.9. The minimum atomic E-state index is -0.578. The van der Waals surface area contributed by atoms with Gasteiger partial charge >= 0.3 is 0 Å². The second-order valence-electron chi connectivity index (χ2n) is 5.47. The third kappa shape index (κ3) is 4.77. The van der Waals surface area contributed by atoms with E-state index in [9.17, 15) is 4.79 Å². The van der Waals surface area contributed by atoms with E-state index < -0.39 is 5.54 Å². The number of ether oxygens (including phenoxy) is 1. The van der Waals surface area contributed by atoms with Gasteiger partial charge < -0.3 is 10.1 Å². The van der Waals surface area contributed by atoms with Gasteiger partial charge in [-0.05, 0) is 37.1 Å². The first-order chi connectivity index (χ1) is 12.1. The lowest BCUT2D eigenvalue weighted by atomic mass is 9.94. The van der Waals surface area contributed by atoms with Crippen molar-refractivity contribution in [3.8, 4) is 29.5 Å². The molecule has 132 valence electrons. The van der Waals surface area contributed by atoms with Crippen molar-refractivity contribution in [2.75, 3.05) is 12.9 Å². The molecule has 1 heterocycles. The molecule has 0 atom stereocenters. The third-order valence-electron chi connectivity index (χ3n) is 4.02. The molecule has 0 unspecified atom stereocenters. The van der Waals surface area contributed by atoms with Crippen molar-refractivity contribution in [3.63, 3.8) is 0 Å². The quantitative estimate of drug-likeness (QED) is 0.560. The molecule has 0 aliphatic carbocycles. The minimum absolute atomic E-state index is 0.123. The molecule has 0 aliphatic heterocycles. The molecule has 0 saturated carbocycles. The fraction of sp³-hybridized carbons (Fsp3) is 0.389. The molecule has 7 heteroatoms. The number of benzene rings is 1. The fourth-order valence-electron chi connectivity index (χ4n) is 2.29. The van der Waals surface area contributed by atoms with Crippen LogP contribution in [0, 0.1) is 12.3 Å². The number of carbonyl (C=O) groups excluding carboxylic acids is 1. The van der Waals surface area contributed by atoms with Crippen LogP contribution in [-0.4, -0.2) is 39.5 Å². The van der Waals surface area contributed by atoms with E-state index in [2.05, 4.69) is 26.4 Å². The molecule has 25 heavy (non-hydrogen) atoms. The van der Waals surface area contributed by atoms with Crippen LogP contribution in [0.2, 0.25) is 0 Å². The standard InChI is InChI=1S/C18H22N4O2S/c1-5-18(6-2,7-3)20-15(23)12-25-17-19-16(21-22-17)13-8-10-14(24-4)11-9-13/h1,8-11H,6-7,12H2,2-4H3,(H,20,23)(H,19,21,22). The number of H-pyrrole nitrogens is 1. The molecule has 2 N–H and O–H groups in total. The number of rotatable bonds is 8. The van der Waals surface area contributed by atoms with Crippen LogP contribution in [0.3, 0.4) is 0 Å². The smallest absolute Gasteiger partial charge is 0.231 e. The van der Waals surface area contributed by atoms with Crippen molar-refractivity contribution in [1.82, 2.24) is 20.5 Å². The first-order valence-electron chi connectivity index (χ1n) is 8.04. The molecule has 0 spiro atoms. The zero-order valence-corrected chi connectivity index (χ0v) is 15.4. The monoisotopic (exact) mass is 358 g/mol. The summed E-state index contributed by atoms with van der Waals surface area (Å²) in [4.78, 5) is 16.5. The molecular formula is C18H22N4O2S. The summed E-state index contributed by atoms with van der Waals surface area (Å²) in [5, 5.41) is 10.5. The van der Waals surface area contributed by atoms with Crippen molar-refractivity contribution in [2.45, 2.75) is 37.4 Å². The van der Waals surface area contributed by atoms with Crippen LogP contribution >= 0.6 is 11.8 Å². The Morgan fingerprint density at radius 3 is 2.60 bits per heavy atom. The molecule has 0 fully saturated rings. The number of terminal acetylenes is 1. The number of hydrogen-bond donors (Lipinski definition) is 2. The predicted molar refractivity (Wildman–Crippen MR) is 99.4 cm³/mol. The molecular weight excluding hydrogens is 336 g/mol. The van der Waals surface area contributed by atoms with Crippen LogP contribution in [0.5, 0.6) is 5.75 Å². The lowest BCUT2D eigenvalue weighted by molar-refractivity contribution is -0.119. The van der Waals surface area contributed by atoms with Gasteiger partial charge in [-0.15, -0.1) is 11.5 Å². The predicted octanol–water partition coefficient (Wildman–Crippen LogP) is 2.88. The van der Waals surface area contributed by atoms with Gasteiger partial charge in [0, 0.05) is 5.56 Å². The summed E-state index contributed by atoms with van der Waals surface area (Å²) in [6.45, 7) is 3.93. The van der Waals surface area contributed by atoms with Crippen molar-refractivity contribution >= 4 is 17.7 Å². The number of aromatic amines is 1. The number of nitrogens with one attached hydrogen (secondary N) is 2. The number of thioether (sulfide) groups is 1. The Kier molecular flexibility index (Phi) is 6.48. The summed E-state index contributed by atoms with van der Waals surface area (Å²) >= 11 is 1.27. The average Bonchev–Trinajstić information content (AvgIpc) is 3.14. The van der Waals surface area contributed by atoms with Crippen LogP contribution in [0.15, 0.2) is 29.4 Å². The van der Waals surface area contributed by atoms with Crippen LogP contribution < -0.4 is 10.1 Å². The normalized spacial score (nSPS) is 11.0. The number of nitrogens with zero attached hydrogens (tertiary/aromatic N) is 2. The zero-order valence-electron chi connectivity index (χ0n) is 14.6. The lowest BCUT2D eigenvalue weighted by Crippen LogP contribution is -2.47. The largest absolute Gasteiger partial charge is 0.497 e. The average molecular weight is 358 g/mol. The van der Waals surface area contributed by atoms with E-state index >= 15 is 0 Å². The maximum absolute atomic E-state index is 12.1. The van der Waals surface area contributed by atoms with Crippen molar-refractivity contribution in [3.05, 3.63) is 24.3 Å². The molecule has 0 aliphatic rings. The lowest BCUT2D eigenvalue weighted by Gasteiger charge is -2.26. The summed E-state index contributed by atoms with van der Waals surface area (Å²) in [5.74, 6) is 4.20. The maximum Gasteiger partial charge on any atom is 0.231 e. The van der Waals surface area contributed by atoms with Crippen molar-refractivity contribution in [2.24, 2.45) is 0 Å². The Labute approximate surface area is 152 Å². The first-order valence-corrected chi connectivity index (χ1v) is 9.02. The van der Waals surface area contributed by atoms with E-state index in [1.165, 1.54) is 11.8 Å². The van der Waals surface area contributed by atoms with Gasteiger partial charge in [0.1, 0.15) is 11.3 Å². The summed E-state index contributed by atoms with van der Waals surface area (Å²) in [5.41, 5.74) is 0.318. The zero-order chi connectivity index (χ0) is 18.3. The van der Waals surface area contributed by atoms with E-state index in [-0.39, 0.29) is 11.7 Å².